The third-order valence-electron chi connectivity index (χ3n) is 0.765. The zero-order valence-corrected chi connectivity index (χ0v) is 5.04. The predicted octanol–water partition coefficient (Wildman–Crippen LogP) is 2.13. The Labute approximate surface area is 57.9 Å². The number of hydrogen-bond donors (Lipinski definition) is 0. The van der Waals surface area contributed by atoms with Crippen molar-refractivity contribution in [2.45, 2.75) is 18.7 Å². The number of ether oxygens (including phenoxy) is 1. The molecule has 0 radical (unpaired) electrons. The van der Waals surface area contributed by atoms with Gasteiger partial charge < -0.3 is 4.74 Å². The molecule has 2 atom stereocenters. The van der Waals surface area contributed by atoms with Crippen LogP contribution in [0.5, 0.6) is 0 Å². The normalized spacial score (nSPS) is 18.0. The second-order valence-electron chi connectivity index (χ2n) is 1.57. The fourth-order valence-electron chi connectivity index (χ4n) is 0.293. The van der Waals surface area contributed by atoms with Crippen molar-refractivity contribution in [1.29, 1.82) is 0 Å². The summed E-state index contributed by atoms with van der Waals surface area (Å²) in [5.74, 6) is 0. The van der Waals surface area contributed by atoms with Gasteiger partial charge in [-0.2, -0.15) is 13.2 Å². The average Bonchev–Trinajstić information content (AvgIpc) is 1.85. The first-order chi connectivity index (χ1) is 4.89. The topological polar surface area (TPSA) is 9.23 Å². The minimum atomic E-state index is -5.35. The molecule has 0 saturated heterocycles. The van der Waals surface area contributed by atoms with Gasteiger partial charge in [0.2, 0.25) is 6.36 Å². The first kappa shape index (κ1) is 10.5. The fourth-order valence-corrected chi connectivity index (χ4v) is 0.293. The molecule has 7 heteroatoms. The summed E-state index contributed by atoms with van der Waals surface area (Å²) >= 11 is 0. The van der Waals surface area contributed by atoms with Gasteiger partial charge in [0, 0.05) is 0 Å². The van der Waals surface area contributed by atoms with Gasteiger partial charge in [-0.3, -0.25) is 0 Å². The van der Waals surface area contributed by atoms with Crippen molar-refractivity contribution in [2.24, 2.45) is 0 Å². The molecule has 0 bridgehead atoms. The fraction of sp³-hybridized carbons (Fsp3) is 1.00. The Kier molecular flexibility index (Phi) is 3.64. The lowest BCUT2D eigenvalue weighted by atomic mass is 10.4. The molecule has 0 spiro atoms. The Balaban J connectivity index is 3.91. The molecule has 0 aliphatic carbocycles. The zero-order valence-electron chi connectivity index (χ0n) is 5.04. The third kappa shape index (κ3) is 3.45. The first-order valence-corrected chi connectivity index (χ1v) is 2.42. The lowest BCUT2D eigenvalue weighted by Gasteiger charge is -2.14. The van der Waals surface area contributed by atoms with Gasteiger partial charge in [-0.25, -0.2) is 13.2 Å². The highest BCUT2D eigenvalue weighted by Crippen LogP contribution is 2.27. The lowest BCUT2D eigenvalue weighted by molar-refractivity contribution is -0.241. The van der Waals surface area contributed by atoms with E-state index in [2.05, 4.69) is 4.74 Å². The number of rotatable bonds is 3. The van der Waals surface area contributed by atoms with Crippen LogP contribution in [0.15, 0.2) is 0 Å². The van der Waals surface area contributed by atoms with Gasteiger partial charge in [-0.1, -0.05) is 0 Å². The van der Waals surface area contributed by atoms with Crippen LogP contribution in [-0.2, 0) is 4.74 Å². The Bertz CT molecular complexity index is 112. The van der Waals surface area contributed by atoms with Gasteiger partial charge >= 0.3 is 6.18 Å². The van der Waals surface area contributed by atoms with E-state index in [1.54, 1.807) is 0 Å². The summed E-state index contributed by atoms with van der Waals surface area (Å²) in [4.78, 5) is 0. The molecule has 2 unspecified atom stereocenters. The van der Waals surface area contributed by atoms with Crippen LogP contribution in [0.1, 0.15) is 0 Å². The van der Waals surface area contributed by atoms with E-state index in [0.717, 1.165) is 0 Å². The van der Waals surface area contributed by atoms with Crippen LogP contribution in [0.3, 0.4) is 0 Å². The van der Waals surface area contributed by atoms with E-state index in [4.69, 9.17) is 0 Å². The number of halogens is 6. The Hall–Kier alpha value is -0.460. The first-order valence-electron chi connectivity index (χ1n) is 2.42. The molecule has 0 aromatic heterocycles. The molecular weight excluding hydrogens is 178 g/mol. The minimum absolute atomic E-state index is 1.79. The van der Waals surface area contributed by atoms with Crippen molar-refractivity contribution >= 4 is 0 Å². The van der Waals surface area contributed by atoms with Crippen LogP contribution in [0, 0.1) is 0 Å². The van der Waals surface area contributed by atoms with E-state index in [0.29, 0.717) is 0 Å². The smallest absolute Gasteiger partial charge is 0.314 e. The summed E-state index contributed by atoms with van der Waals surface area (Å²) in [7, 11) is 0. The maximum absolute atomic E-state index is 11.7. The highest BCUT2D eigenvalue weighted by molar-refractivity contribution is 4.68. The molecule has 0 aliphatic heterocycles. The van der Waals surface area contributed by atoms with Crippen molar-refractivity contribution < 1.29 is 31.1 Å². The monoisotopic (exact) mass is 182 g/mol. The van der Waals surface area contributed by atoms with E-state index in [1.165, 1.54) is 0 Å². The van der Waals surface area contributed by atoms with Crippen LogP contribution in [0.4, 0.5) is 26.3 Å². The largest absolute Gasteiger partial charge is 0.425 e. The summed E-state index contributed by atoms with van der Waals surface area (Å²) in [5, 5.41) is 0. The molecule has 0 heterocycles. The average molecular weight is 182 g/mol. The van der Waals surface area contributed by atoms with E-state index in [9.17, 15) is 26.3 Å². The molecule has 0 fully saturated rings. The minimum Gasteiger partial charge on any atom is -0.314 e. The summed E-state index contributed by atoms with van der Waals surface area (Å²) in [5.41, 5.74) is 0. The van der Waals surface area contributed by atoms with Gasteiger partial charge in [-0.15, -0.1) is 0 Å². The standard InChI is InChI=1S/C4H4F6O/c5-1-11-3(7)2(6)4(8,9)10/h2-3H,1H2. The SMILES string of the molecule is FCOC(F)C(F)C(F)(F)F. The maximum Gasteiger partial charge on any atom is 0.425 e. The van der Waals surface area contributed by atoms with Gasteiger partial charge in [-0.05, 0) is 0 Å². The number of hydrogen-bond acceptors (Lipinski definition) is 1. The van der Waals surface area contributed by atoms with E-state index >= 15 is 0 Å². The second kappa shape index (κ2) is 3.80. The summed E-state index contributed by atoms with van der Waals surface area (Å²) in [6.45, 7) is -1.79. The van der Waals surface area contributed by atoms with Crippen LogP contribution in [0.2, 0.25) is 0 Å². The van der Waals surface area contributed by atoms with E-state index in [-0.39, 0.29) is 0 Å². The van der Waals surface area contributed by atoms with Gasteiger partial charge in [0.1, 0.15) is 0 Å². The molecule has 0 N–H and O–H groups in total. The number of alkyl halides is 6. The Morgan fingerprint density at radius 3 is 1.91 bits per heavy atom. The van der Waals surface area contributed by atoms with Crippen molar-refractivity contribution in [3.63, 3.8) is 0 Å². The van der Waals surface area contributed by atoms with Crippen molar-refractivity contribution in [1.82, 2.24) is 0 Å². The van der Waals surface area contributed by atoms with Crippen LogP contribution in [0.25, 0.3) is 0 Å². The molecular formula is C4H4F6O. The summed E-state index contributed by atoms with van der Waals surface area (Å²) < 4.78 is 71.1. The predicted molar refractivity (Wildman–Crippen MR) is 22.9 cm³/mol. The summed E-state index contributed by atoms with van der Waals surface area (Å²) in [6, 6.07) is 0. The molecule has 0 aliphatic rings. The van der Waals surface area contributed by atoms with Crippen LogP contribution in [-0.4, -0.2) is 25.6 Å². The van der Waals surface area contributed by atoms with Gasteiger partial charge in [0.05, 0.1) is 0 Å². The lowest BCUT2D eigenvalue weighted by Crippen LogP contribution is -2.35. The molecule has 0 amide bonds. The summed E-state index contributed by atoms with van der Waals surface area (Å²) in [6.07, 6.45) is -12.4. The maximum atomic E-state index is 11.7. The Morgan fingerprint density at radius 1 is 1.18 bits per heavy atom. The third-order valence-corrected chi connectivity index (χ3v) is 0.765. The highest BCUT2D eigenvalue weighted by Gasteiger charge is 2.46. The Morgan fingerprint density at radius 2 is 1.64 bits per heavy atom. The molecule has 0 saturated carbocycles. The zero-order chi connectivity index (χ0) is 9.07. The molecule has 1 nitrogen and oxygen atoms in total. The molecule has 0 rings (SSSR count). The molecule has 0 aromatic rings. The van der Waals surface area contributed by atoms with Crippen molar-refractivity contribution in [2.75, 3.05) is 6.86 Å². The molecule has 11 heavy (non-hydrogen) atoms. The van der Waals surface area contributed by atoms with E-state index < -0.39 is 25.6 Å². The second-order valence-corrected chi connectivity index (χ2v) is 1.57. The van der Waals surface area contributed by atoms with Crippen molar-refractivity contribution in [3.8, 4) is 0 Å². The molecule has 68 valence electrons. The molecule has 0 aromatic carbocycles. The van der Waals surface area contributed by atoms with Gasteiger partial charge in [0.15, 0.2) is 6.86 Å². The van der Waals surface area contributed by atoms with Crippen molar-refractivity contribution in [3.05, 3.63) is 0 Å². The quantitative estimate of drug-likeness (QED) is 0.607. The highest BCUT2D eigenvalue weighted by atomic mass is 19.4. The van der Waals surface area contributed by atoms with Crippen LogP contribution < -0.4 is 0 Å². The van der Waals surface area contributed by atoms with Crippen LogP contribution >= 0.6 is 0 Å². The van der Waals surface area contributed by atoms with Gasteiger partial charge in [0.25, 0.3) is 6.17 Å². The van der Waals surface area contributed by atoms with E-state index in [1.807, 2.05) is 0 Å².